The van der Waals surface area contributed by atoms with E-state index < -0.39 is 53.7 Å². The number of hydrogen-bond acceptors (Lipinski definition) is 1. The van der Waals surface area contributed by atoms with Crippen LogP contribution in [0.4, 0.5) is 57.1 Å². The summed E-state index contributed by atoms with van der Waals surface area (Å²) in [5.74, 6) is -40.7. The number of halogens is 13. The maximum Gasteiger partial charge on any atom is 0.460 e. The molecular formula is C18H18F13NO. The lowest BCUT2D eigenvalue weighted by Gasteiger charge is -2.57. The average Bonchev–Trinajstić information content (AvgIpc) is 2.63. The number of carbonyl (C=O) groups is 1. The molecule has 4 fully saturated rings. The average molecular weight is 511 g/mol. The zero-order chi connectivity index (χ0) is 25.5. The third-order valence-electron chi connectivity index (χ3n) is 7.01. The summed E-state index contributed by atoms with van der Waals surface area (Å²) in [5.41, 5.74) is -0.800. The smallest absolute Gasteiger partial charge is 0.350 e. The standard InChI is InChI=1S/C18H18F13NO/c19-13(20,14(21,22)15(23,24)16(25,26)17(27,28)18(29,30)31)11(33)32-7-12-4-8-1-9(5-12)3-10(2-8)6-12/h8-10H,1-7H2,(H,32,33). The minimum Gasteiger partial charge on any atom is -0.350 e. The summed E-state index contributed by atoms with van der Waals surface area (Å²) in [5, 5.41) is 1.32. The van der Waals surface area contributed by atoms with Gasteiger partial charge in [0.1, 0.15) is 0 Å². The van der Waals surface area contributed by atoms with E-state index >= 15 is 0 Å². The molecule has 4 saturated carbocycles. The number of alkyl halides is 13. The van der Waals surface area contributed by atoms with Crippen molar-refractivity contribution in [3.8, 4) is 0 Å². The molecule has 4 rings (SSSR count). The Morgan fingerprint density at radius 2 is 1.00 bits per heavy atom. The van der Waals surface area contributed by atoms with Crippen molar-refractivity contribution in [2.24, 2.45) is 23.2 Å². The highest BCUT2D eigenvalue weighted by Gasteiger charge is 2.91. The van der Waals surface area contributed by atoms with Crippen molar-refractivity contribution in [3.63, 3.8) is 0 Å². The Morgan fingerprint density at radius 1 is 0.636 bits per heavy atom. The van der Waals surface area contributed by atoms with Gasteiger partial charge in [0.15, 0.2) is 0 Å². The first-order valence-corrected chi connectivity index (χ1v) is 9.85. The Morgan fingerprint density at radius 3 is 1.36 bits per heavy atom. The highest BCUT2D eigenvalue weighted by atomic mass is 19.4. The summed E-state index contributed by atoms with van der Waals surface area (Å²) in [7, 11) is 0. The molecule has 4 aliphatic carbocycles. The molecule has 1 amide bonds. The number of rotatable bonds is 7. The predicted octanol–water partition coefficient (Wildman–Crippen LogP) is 6.06. The van der Waals surface area contributed by atoms with Crippen molar-refractivity contribution < 1.29 is 61.9 Å². The van der Waals surface area contributed by atoms with E-state index in [1.165, 1.54) is 5.32 Å². The van der Waals surface area contributed by atoms with Gasteiger partial charge in [0.25, 0.3) is 5.91 Å². The van der Waals surface area contributed by atoms with Crippen molar-refractivity contribution in [2.75, 3.05) is 6.54 Å². The van der Waals surface area contributed by atoms with Crippen LogP contribution < -0.4 is 5.32 Å². The number of amides is 1. The molecule has 4 aliphatic rings. The third-order valence-corrected chi connectivity index (χ3v) is 7.01. The van der Waals surface area contributed by atoms with Gasteiger partial charge in [0.2, 0.25) is 0 Å². The topological polar surface area (TPSA) is 29.1 Å². The molecule has 0 aliphatic heterocycles. The van der Waals surface area contributed by atoms with Gasteiger partial charge in [-0.15, -0.1) is 0 Å². The molecule has 0 radical (unpaired) electrons. The molecule has 0 unspecified atom stereocenters. The number of nitrogens with one attached hydrogen (secondary N) is 1. The van der Waals surface area contributed by atoms with E-state index in [1.807, 2.05) is 0 Å². The summed E-state index contributed by atoms with van der Waals surface area (Å²) >= 11 is 0. The van der Waals surface area contributed by atoms with Crippen LogP contribution in [0.5, 0.6) is 0 Å². The lowest BCUT2D eigenvalue weighted by atomic mass is 9.49. The minimum atomic E-state index is -8.01. The van der Waals surface area contributed by atoms with Gasteiger partial charge in [-0.2, -0.15) is 57.1 Å². The van der Waals surface area contributed by atoms with Gasteiger partial charge in [-0.3, -0.25) is 4.79 Å². The van der Waals surface area contributed by atoms with Crippen molar-refractivity contribution in [1.29, 1.82) is 0 Å². The zero-order valence-corrected chi connectivity index (χ0v) is 16.5. The van der Waals surface area contributed by atoms with Gasteiger partial charge in [0, 0.05) is 6.54 Å². The van der Waals surface area contributed by atoms with Crippen LogP contribution in [0.2, 0.25) is 0 Å². The first-order valence-electron chi connectivity index (χ1n) is 9.85. The van der Waals surface area contributed by atoms with E-state index in [2.05, 4.69) is 0 Å². The summed E-state index contributed by atoms with van der Waals surface area (Å²) in [4.78, 5) is 11.7. The monoisotopic (exact) mass is 511 g/mol. The largest absolute Gasteiger partial charge is 0.460 e. The minimum absolute atomic E-state index is 0.183. The molecule has 0 saturated heterocycles. The summed E-state index contributed by atoms with van der Waals surface area (Å²) in [6.45, 7) is -0.679. The Balaban J connectivity index is 1.80. The fourth-order valence-electron chi connectivity index (χ4n) is 5.80. The van der Waals surface area contributed by atoms with Crippen molar-refractivity contribution in [2.45, 2.75) is 74.3 Å². The maximum atomic E-state index is 14.0. The summed E-state index contributed by atoms with van der Waals surface area (Å²) in [6.07, 6.45) is -3.68. The van der Waals surface area contributed by atoms with Gasteiger partial charge < -0.3 is 5.32 Å². The van der Waals surface area contributed by atoms with E-state index in [1.54, 1.807) is 0 Å². The van der Waals surface area contributed by atoms with Crippen LogP contribution in [0.15, 0.2) is 0 Å². The van der Waals surface area contributed by atoms with Gasteiger partial charge in [0.05, 0.1) is 0 Å². The van der Waals surface area contributed by atoms with Crippen LogP contribution >= 0.6 is 0 Å². The maximum absolute atomic E-state index is 14.0. The van der Waals surface area contributed by atoms with Crippen LogP contribution in [-0.4, -0.2) is 48.2 Å². The number of hydrogen-bond donors (Lipinski definition) is 1. The van der Waals surface area contributed by atoms with E-state index in [0.717, 1.165) is 19.3 Å². The molecular weight excluding hydrogens is 493 g/mol. The van der Waals surface area contributed by atoms with Gasteiger partial charge >= 0.3 is 35.8 Å². The van der Waals surface area contributed by atoms with Gasteiger partial charge in [-0.25, -0.2) is 0 Å². The molecule has 0 atom stereocenters. The SMILES string of the molecule is O=C(NCC12CC3CC(CC(C3)C1)C2)C(F)(F)C(F)(F)C(F)(F)C(F)(F)C(F)(F)C(F)(F)F. The normalized spacial score (nSPS) is 31.1. The fourth-order valence-corrected chi connectivity index (χ4v) is 5.80. The Bertz CT molecular complexity index is 753. The second kappa shape index (κ2) is 7.28. The molecule has 0 aromatic heterocycles. The summed E-state index contributed by atoms with van der Waals surface area (Å²) < 4.78 is 171. The molecule has 0 heterocycles. The third kappa shape index (κ3) is 3.66. The first-order chi connectivity index (χ1) is 14.6. The molecule has 1 N–H and O–H groups in total. The quantitative estimate of drug-likeness (QED) is 0.414. The highest BCUT2D eigenvalue weighted by Crippen LogP contribution is 2.61. The molecule has 4 bridgehead atoms. The number of carbonyl (C=O) groups excluding carboxylic acids is 1. The van der Waals surface area contributed by atoms with Crippen molar-refractivity contribution in [1.82, 2.24) is 5.32 Å². The van der Waals surface area contributed by atoms with Gasteiger partial charge in [-0.1, -0.05) is 0 Å². The van der Waals surface area contributed by atoms with Crippen LogP contribution in [0.25, 0.3) is 0 Å². The lowest BCUT2D eigenvalue weighted by molar-refractivity contribution is -0.436. The van der Waals surface area contributed by atoms with E-state index in [-0.39, 0.29) is 17.8 Å². The second-order valence-corrected chi connectivity index (χ2v) is 9.47. The molecule has 192 valence electrons. The molecule has 0 aromatic carbocycles. The molecule has 2 nitrogen and oxygen atoms in total. The predicted molar refractivity (Wildman–Crippen MR) is 84.4 cm³/mol. The van der Waals surface area contributed by atoms with Crippen LogP contribution in [-0.2, 0) is 4.79 Å². The molecule has 33 heavy (non-hydrogen) atoms. The fraction of sp³-hybridized carbons (Fsp3) is 0.944. The highest BCUT2D eigenvalue weighted by molar-refractivity contribution is 5.85. The molecule has 0 spiro atoms. The zero-order valence-electron chi connectivity index (χ0n) is 16.5. The lowest BCUT2D eigenvalue weighted by Crippen LogP contribution is -2.72. The van der Waals surface area contributed by atoms with E-state index in [0.29, 0.717) is 19.3 Å². The van der Waals surface area contributed by atoms with Crippen LogP contribution in [0.1, 0.15) is 38.5 Å². The molecule has 15 heteroatoms. The second-order valence-electron chi connectivity index (χ2n) is 9.47. The van der Waals surface area contributed by atoms with Gasteiger partial charge in [-0.05, 0) is 61.7 Å². The molecule has 0 aromatic rings. The first kappa shape index (κ1) is 26.2. The summed E-state index contributed by atoms with van der Waals surface area (Å²) in [6, 6.07) is 0. The van der Waals surface area contributed by atoms with Crippen molar-refractivity contribution in [3.05, 3.63) is 0 Å². The van der Waals surface area contributed by atoms with Crippen LogP contribution in [0.3, 0.4) is 0 Å². The Hall–Kier alpha value is -1.44. The van der Waals surface area contributed by atoms with Crippen molar-refractivity contribution >= 4 is 5.91 Å². The van der Waals surface area contributed by atoms with E-state index in [9.17, 15) is 61.9 Å². The Kier molecular flexibility index (Phi) is 5.77. The van der Waals surface area contributed by atoms with Crippen LogP contribution in [0, 0.1) is 23.2 Å². The van der Waals surface area contributed by atoms with E-state index in [4.69, 9.17) is 0 Å². The Labute approximate surface area is 178 Å².